The molecule has 1 aromatic carbocycles. The Morgan fingerprint density at radius 2 is 1.91 bits per heavy atom. The van der Waals surface area contributed by atoms with E-state index in [0.717, 1.165) is 0 Å². The fraction of sp³-hybridized carbons (Fsp3) is 0.500. The molecule has 1 saturated carbocycles. The fourth-order valence-corrected chi connectivity index (χ4v) is 2.42. The van der Waals surface area contributed by atoms with Gasteiger partial charge >= 0.3 is 5.92 Å². The van der Waals surface area contributed by atoms with Gasteiger partial charge in [-0.3, -0.25) is 9.59 Å². The molecule has 1 atom stereocenters. The smallest absolute Gasteiger partial charge is 0.352 e. The van der Waals surface area contributed by atoms with E-state index in [1.54, 1.807) is 30.3 Å². The van der Waals surface area contributed by atoms with Crippen molar-refractivity contribution in [2.75, 3.05) is 0 Å². The van der Waals surface area contributed by atoms with Crippen molar-refractivity contribution in [2.45, 2.75) is 50.2 Å². The van der Waals surface area contributed by atoms with Crippen LogP contribution in [0.25, 0.3) is 0 Å². The predicted octanol–water partition coefficient (Wildman–Crippen LogP) is 2.31. The van der Waals surface area contributed by atoms with Gasteiger partial charge in [-0.05, 0) is 26.2 Å². The van der Waals surface area contributed by atoms with E-state index in [1.165, 1.54) is 6.92 Å². The van der Waals surface area contributed by atoms with Gasteiger partial charge in [-0.15, -0.1) is 0 Å². The van der Waals surface area contributed by atoms with E-state index in [-0.39, 0.29) is 25.0 Å². The maximum absolute atomic E-state index is 13.9. The van der Waals surface area contributed by atoms with E-state index < -0.39 is 23.5 Å². The maximum atomic E-state index is 13.9. The molecule has 0 aromatic heterocycles. The lowest BCUT2D eigenvalue weighted by atomic mass is 9.75. The number of alkyl halides is 2. The Balaban J connectivity index is 1.93. The number of rotatable bonds is 6. The summed E-state index contributed by atoms with van der Waals surface area (Å²) in [4.78, 5) is 23.7. The molecule has 1 aliphatic rings. The fourth-order valence-electron chi connectivity index (χ4n) is 2.42. The Kier molecular flexibility index (Phi) is 4.60. The van der Waals surface area contributed by atoms with Gasteiger partial charge in [0.25, 0.3) is 5.91 Å². The van der Waals surface area contributed by atoms with Crippen LogP contribution >= 0.6 is 0 Å². The lowest BCUT2D eigenvalue weighted by Gasteiger charge is -2.41. The highest BCUT2D eigenvalue weighted by molar-refractivity contribution is 5.96. The lowest BCUT2D eigenvalue weighted by Crippen LogP contribution is -2.61. The number of amides is 1. The number of Topliss-reactive ketones (excluding diaryl/α,β-unsaturated/α-hetero) is 1. The van der Waals surface area contributed by atoms with Gasteiger partial charge in [-0.2, -0.15) is 8.78 Å². The lowest BCUT2D eigenvalue weighted by molar-refractivity contribution is -0.216. The van der Waals surface area contributed by atoms with Crippen molar-refractivity contribution in [1.29, 1.82) is 0 Å². The van der Waals surface area contributed by atoms with Gasteiger partial charge in [-0.25, -0.2) is 0 Å². The third-order valence-corrected chi connectivity index (χ3v) is 4.02. The van der Waals surface area contributed by atoms with Gasteiger partial charge in [0.1, 0.15) is 5.60 Å². The third kappa shape index (κ3) is 3.16. The van der Waals surface area contributed by atoms with Crippen LogP contribution in [0, 0.1) is 0 Å². The average molecular weight is 311 g/mol. The summed E-state index contributed by atoms with van der Waals surface area (Å²) in [6.07, 6.45) is 0.209. The minimum atomic E-state index is -3.84. The number of aliphatic hydroxyl groups is 1. The summed E-state index contributed by atoms with van der Waals surface area (Å²) in [5, 5.41) is 11.8. The highest BCUT2D eigenvalue weighted by Crippen LogP contribution is 2.44. The Labute approximate surface area is 127 Å². The van der Waals surface area contributed by atoms with E-state index in [4.69, 9.17) is 0 Å². The number of carbonyl (C=O) groups is 2. The van der Waals surface area contributed by atoms with Crippen molar-refractivity contribution in [2.24, 2.45) is 0 Å². The molecule has 0 heterocycles. The van der Waals surface area contributed by atoms with Gasteiger partial charge in [0.05, 0.1) is 0 Å². The van der Waals surface area contributed by atoms with Crippen molar-refractivity contribution >= 4 is 11.7 Å². The number of carbonyl (C=O) groups excluding carboxylic acids is 2. The molecule has 0 bridgehead atoms. The molecule has 2 N–H and O–H groups in total. The first-order valence-corrected chi connectivity index (χ1v) is 7.26. The van der Waals surface area contributed by atoms with Gasteiger partial charge < -0.3 is 10.4 Å². The highest BCUT2D eigenvalue weighted by Gasteiger charge is 2.61. The van der Waals surface area contributed by atoms with Gasteiger partial charge in [0.2, 0.25) is 0 Å². The molecule has 1 aromatic rings. The number of halogens is 2. The number of hydrogen-bond donors (Lipinski definition) is 2. The quantitative estimate of drug-likeness (QED) is 0.792. The number of nitrogens with one attached hydrogen (secondary N) is 1. The predicted molar refractivity (Wildman–Crippen MR) is 76.7 cm³/mol. The van der Waals surface area contributed by atoms with Crippen molar-refractivity contribution < 1.29 is 23.5 Å². The number of ketones is 1. The zero-order valence-corrected chi connectivity index (χ0v) is 12.3. The second-order valence-electron chi connectivity index (χ2n) is 5.83. The molecule has 6 heteroatoms. The number of hydrogen-bond acceptors (Lipinski definition) is 3. The first-order chi connectivity index (χ1) is 10.3. The second kappa shape index (κ2) is 6.12. The molecular formula is C16H19F2NO3. The SMILES string of the molecule is CC(CC(=O)c1ccccc1)NC(=O)C(F)(F)C1(O)CCC1. The average Bonchev–Trinajstić information content (AvgIpc) is 2.45. The highest BCUT2D eigenvalue weighted by atomic mass is 19.3. The maximum Gasteiger partial charge on any atom is 0.352 e. The Morgan fingerprint density at radius 3 is 2.41 bits per heavy atom. The van der Waals surface area contributed by atoms with Crippen LogP contribution in [0.3, 0.4) is 0 Å². The topological polar surface area (TPSA) is 66.4 Å². The standard InChI is InChI=1S/C16H19F2NO3/c1-11(10-13(20)12-6-3-2-4-7-12)19-14(21)16(17,18)15(22)8-5-9-15/h2-4,6-7,11,22H,5,8-10H2,1H3,(H,19,21). The minimum Gasteiger partial charge on any atom is -0.383 e. The van der Waals surface area contributed by atoms with Gasteiger partial charge in [0.15, 0.2) is 5.78 Å². The molecule has 1 fully saturated rings. The zero-order valence-electron chi connectivity index (χ0n) is 12.3. The van der Waals surface area contributed by atoms with Crippen molar-refractivity contribution in [1.82, 2.24) is 5.32 Å². The molecule has 120 valence electrons. The summed E-state index contributed by atoms with van der Waals surface area (Å²) in [5.41, 5.74) is -1.78. The Bertz CT molecular complexity index is 556. The molecule has 1 aliphatic carbocycles. The molecule has 1 unspecified atom stereocenters. The van der Waals surface area contributed by atoms with Crippen LogP contribution in [0.2, 0.25) is 0 Å². The first-order valence-electron chi connectivity index (χ1n) is 7.26. The molecule has 0 aliphatic heterocycles. The third-order valence-electron chi connectivity index (χ3n) is 4.02. The summed E-state index contributed by atoms with van der Waals surface area (Å²) in [6.45, 7) is 1.49. The molecule has 1 amide bonds. The molecule has 0 saturated heterocycles. The van der Waals surface area contributed by atoms with Crippen LogP contribution < -0.4 is 5.32 Å². The molecule has 4 nitrogen and oxygen atoms in total. The molecule has 2 rings (SSSR count). The van der Waals surface area contributed by atoms with Crippen LogP contribution in [0.15, 0.2) is 30.3 Å². The second-order valence-corrected chi connectivity index (χ2v) is 5.83. The summed E-state index contributed by atoms with van der Waals surface area (Å²) in [5.74, 6) is -5.60. The molecule has 22 heavy (non-hydrogen) atoms. The van der Waals surface area contributed by atoms with Crippen LogP contribution in [0.4, 0.5) is 8.78 Å². The van der Waals surface area contributed by atoms with Crippen molar-refractivity contribution in [3.05, 3.63) is 35.9 Å². The van der Waals surface area contributed by atoms with Crippen molar-refractivity contribution in [3.63, 3.8) is 0 Å². The summed E-state index contributed by atoms with van der Waals surface area (Å²) >= 11 is 0. The van der Waals surface area contributed by atoms with Crippen LogP contribution in [-0.4, -0.2) is 34.4 Å². The van der Waals surface area contributed by atoms with E-state index in [0.29, 0.717) is 12.0 Å². The zero-order chi connectivity index (χ0) is 16.4. The summed E-state index contributed by atoms with van der Waals surface area (Å²) < 4.78 is 27.8. The van der Waals surface area contributed by atoms with Crippen LogP contribution in [0.1, 0.15) is 43.0 Å². The first kappa shape index (κ1) is 16.5. The van der Waals surface area contributed by atoms with Crippen LogP contribution in [-0.2, 0) is 4.79 Å². The van der Waals surface area contributed by atoms with E-state index in [1.807, 2.05) is 0 Å². The Morgan fingerprint density at radius 1 is 1.32 bits per heavy atom. The van der Waals surface area contributed by atoms with E-state index >= 15 is 0 Å². The molecule has 0 radical (unpaired) electrons. The Hall–Kier alpha value is -1.82. The van der Waals surface area contributed by atoms with E-state index in [9.17, 15) is 23.5 Å². The van der Waals surface area contributed by atoms with E-state index in [2.05, 4.69) is 5.32 Å². The summed E-state index contributed by atoms with van der Waals surface area (Å²) in [6, 6.07) is 7.69. The van der Waals surface area contributed by atoms with Crippen molar-refractivity contribution in [3.8, 4) is 0 Å². The normalized spacial score (nSPS) is 18.2. The van der Waals surface area contributed by atoms with Crippen LogP contribution in [0.5, 0.6) is 0 Å². The largest absolute Gasteiger partial charge is 0.383 e. The monoisotopic (exact) mass is 311 g/mol. The molecular weight excluding hydrogens is 292 g/mol. The van der Waals surface area contributed by atoms with Gasteiger partial charge in [0, 0.05) is 18.0 Å². The molecule has 0 spiro atoms. The minimum absolute atomic E-state index is 0.0791. The number of benzene rings is 1. The van der Waals surface area contributed by atoms with Gasteiger partial charge in [-0.1, -0.05) is 30.3 Å². The summed E-state index contributed by atoms with van der Waals surface area (Å²) in [7, 11) is 0.